The lowest BCUT2D eigenvalue weighted by atomic mass is 9.96. The van der Waals surface area contributed by atoms with Crippen molar-refractivity contribution in [3.05, 3.63) is 52.0 Å². The molecule has 2 aromatic rings. The minimum Gasteiger partial charge on any atom is -0.468 e. The third kappa shape index (κ3) is 5.99. The average molecular weight is 559 g/mol. The van der Waals surface area contributed by atoms with Gasteiger partial charge in [-0.3, -0.25) is 13.9 Å². The van der Waals surface area contributed by atoms with E-state index in [2.05, 4.69) is 14.8 Å². The number of fused-ring (bicyclic) bond motifs is 1. The van der Waals surface area contributed by atoms with Crippen molar-refractivity contribution in [1.82, 2.24) is 14.6 Å². The summed E-state index contributed by atoms with van der Waals surface area (Å²) in [5, 5.41) is 2.92. The first-order valence-corrected chi connectivity index (χ1v) is 13.2. The van der Waals surface area contributed by atoms with Gasteiger partial charge in [-0.15, -0.1) is 0 Å². The summed E-state index contributed by atoms with van der Waals surface area (Å²) in [5.41, 5.74) is 3.85. The van der Waals surface area contributed by atoms with Gasteiger partial charge in [-0.05, 0) is 51.1 Å². The van der Waals surface area contributed by atoms with Gasteiger partial charge in [0.25, 0.3) is 0 Å². The molecule has 13 nitrogen and oxygen atoms in total. The number of carbonyl (C=O) groups is 1. The van der Waals surface area contributed by atoms with Crippen molar-refractivity contribution in [2.45, 2.75) is 50.6 Å². The number of nitrogens with two attached hydrogens (primary N) is 1. The maximum absolute atomic E-state index is 13.6. The number of benzene rings is 1. The van der Waals surface area contributed by atoms with E-state index in [1.807, 2.05) is 0 Å². The molecular formula is C22H28ClN4O9P. The number of ether oxygens (including phenoxy) is 4. The number of hydrogen-bond donors (Lipinski definition) is 2. The second kappa shape index (κ2) is 10.3. The van der Waals surface area contributed by atoms with Crippen LogP contribution in [0.5, 0.6) is 5.75 Å². The first-order chi connectivity index (χ1) is 17.3. The summed E-state index contributed by atoms with van der Waals surface area (Å²) in [7, 11) is -2.95. The number of carbonyl (C=O) groups excluding carboxylic acids is 1. The van der Waals surface area contributed by atoms with Crippen molar-refractivity contribution in [2.75, 3.05) is 26.0 Å². The van der Waals surface area contributed by atoms with Crippen LogP contribution in [0.2, 0.25) is 5.02 Å². The second-order valence-corrected chi connectivity index (χ2v) is 11.2. The van der Waals surface area contributed by atoms with Crippen molar-refractivity contribution < 1.29 is 37.4 Å². The zero-order valence-corrected chi connectivity index (χ0v) is 22.2. The number of hydrogen-bond acceptors (Lipinski definition) is 11. The van der Waals surface area contributed by atoms with Crippen LogP contribution in [0.4, 0.5) is 5.82 Å². The fourth-order valence-corrected chi connectivity index (χ4v) is 5.66. The molecule has 2 saturated heterocycles. The molecule has 5 atom stereocenters. The molecule has 3 heterocycles. The number of nitrogens with one attached hydrogen (secondary N) is 1. The maximum Gasteiger partial charge on any atom is 0.459 e. The number of nitrogens with zero attached hydrogens (tertiary/aromatic N) is 2. The van der Waals surface area contributed by atoms with Crippen molar-refractivity contribution >= 4 is 31.1 Å². The molecular weight excluding hydrogens is 531 g/mol. The highest BCUT2D eigenvalue weighted by Crippen LogP contribution is 2.52. The Labute approximate surface area is 217 Å². The van der Waals surface area contributed by atoms with E-state index < -0.39 is 55.8 Å². The highest BCUT2D eigenvalue weighted by molar-refractivity contribution is 7.52. The molecule has 15 heteroatoms. The summed E-state index contributed by atoms with van der Waals surface area (Å²) in [6, 6.07) is 7.53. The minimum atomic E-state index is -4.14. The summed E-state index contributed by atoms with van der Waals surface area (Å²) in [6.07, 6.45) is -1.11. The Morgan fingerprint density at radius 1 is 1.27 bits per heavy atom. The normalized spacial score (nSPS) is 27.9. The van der Waals surface area contributed by atoms with Gasteiger partial charge < -0.3 is 29.2 Å². The molecule has 2 fully saturated rings. The van der Waals surface area contributed by atoms with Crippen LogP contribution in [-0.2, 0) is 32.8 Å². The number of rotatable bonds is 9. The zero-order valence-electron chi connectivity index (χ0n) is 20.6. The molecule has 1 unspecified atom stereocenters. The standard InChI is InChI=1S/C22H28ClN4O9P/c1-21(2)34-18-15(33-19(22(18,3)36-21)27-10-9-16(24)26-20(27)29)12-32-37(30,25-11-17(28)31-4)35-14-7-5-13(23)6-8-14/h5-10,15,18-19H,11-12H2,1-4H3,(H,25,30)(H2,24,26,29)/t15-,18-,19-,22-,37?/m1/s1. The van der Waals surface area contributed by atoms with Gasteiger partial charge in [0.2, 0.25) is 0 Å². The van der Waals surface area contributed by atoms with Crippen LogP contribution in [-0.4, -0.2) is 59.4 Å². The number of methoxy groups -OCH3 is 1. The molecule has 2 aliphatic rings. The Morgan fingerprint density at radius 3 is 2.62 bits per heavy atom. The molecule has 37 heavy (non-hydrogen) atoms. The fraction of sp³-hybridized carbons (Fsp3) is 0.500. The van der Waals surface area contributed by atoms with Crippen LogP contribution in [0.25, 0.3) is 0 Å². The fourth-order valence-electron chi connectivity index (χ4n) is 4.26. The van der Waals surface area contributed by atoms with E-state index in [4.69, 9.17) is 40.6 Å². The number of aromatic nitrogens is 2. The Morgan fingerprint density at radius 2 is 1.97 bits per heavy atom. The summed E-state index contributed by atoms with van der Waals surface area (Å²) in [6.45, 7) is 4.42. The molecule has 0 bridgehead atoms. The van der Waals surface area contributed by atoms with E-state index in [-0.39, 0.29) is 18.2 Å². The Bertz CT molecular complexity index is 1260. The van der Waals surface area contributed by atoms with Gasteiger partial charge >= 0.3 is 19.4 Å². The SMILES string of the molecule is COC(=O)CNP(=O)(OC[C@H]1O[C@@H](n2ccc(N)nc2=O)[C@]2(C)OC(C)(C)O[C@H]12)Oc1ccc(Cl)cc1. The van der Waals surface area contributed by atoms with Crippen molar-refractivity contribution in [1.29, 1.82) is 0 Å². The van der Waals surface area contributed by atoms with Crippen LogP contribution in [0.15, 0.2) is 41.3 Å². The zero-order chi connectivity index (χ0) is 27.0. The molecule has 202 valence electrons. The topological polar surface area (TPSA) is 162 Å². The minimum absolute atomic E-state index is 0.0571. The van der Waals surface area contributed by atoms with Gasteiger partial charge in [-0.25, -0.2) is 14.4 Å². The first-order valence-electron chi connectivity index (χ1n) is 11.2. The number of esters is 1. The number of halogens is 1. The Hall–Kier alpha value is -2.51. The van der Waals surface area contributed by atoms with Crippen molar-refractivity contribution in [2.24, 2.45) is 0 Å². The van der Waals surface area contributed by atoms with E-state index in [9.17, 15) is 14.2 Å². The Balaban J connectivity index is 1.58. The van der Waals surface area contributed by atoms with Gasteiger partial charge in [0, 0.05) is 11.2 Å². The van der Waals surface area contributed by atoms with E-state index in [0.29, 0.717) is 5.02 Å². The van der Waals surface area contributed by atoms with Crippen LogP contribution >= 0.6 is 19.3 Å². The van der Waals surface area contributed by atoms with E-state index >= 15 is 0 Å². The number of nitrogen functional groups attached to an aromatic ring is 1. The molecule has 0 saturated carbocycles. The average Bonchev–Trinajstić information content (AvgIpc) is 3.23. The predicted molar refractivity (Wildman–Crippen MR) is 131 cm³/mol. The lowest BCUT2D eigenvalue weighted by Gasteiger charge is -2.30. The third-order valence-electron chi connectivity index (χ3n) is 5.77. The molecule has 0 amide bonds. The quantitative estimate of drug-likeness (QED) is 0.341. The van der Waals surface area contributed by atoms with Gasteiger partial charge in [0.1, 0.15) is 35.9 Å². The van der Waals surface area contributed by atoms with Crippen molar-refractivity contribution in [3.8, 4) is 5.75 Å². The lowest BCUT2D eigenvalue weighted by molar-refractivity contribution is -0.217. The smallest absolute Gasteiger partial charge is 0.459 e. The van der Waals surface area contributed by atoms with Crippen LogP contribution < -0.4 is 21.0 Å². The van der Waals surface area contributed by atoms with Crippen LogP contribution in [0.3, 0.4) is 0 Å². The molecule has 1 aromatic carbocycles. The lowest BCUT2D eigenvalue weighted by Crippen LogP contribution is -2.45. The molecule has 0 aliphatic carbocycles. The maximum atomic E-state index is 13.6. The van der Waals surface area contributed by atoms with Gasteiger partial charge in [-0.1, -0.05) is 11.6 Å². The summed E-state index contributed by atoms with van der Waals surface area (Å²) in [4.78, 5) is 28.0. The predicted octanol–water partition coefficient (Wildman–Crippen LogP) is 2.25. The molecule has 1 aromatic heterocycles. The van der Waals surface area contributed by atoms with E-state index in [0.717, 1.165) is 0 Å². The molecule has 3 N–H and O–H groups in total. The van der Waals surface area contributed by atoms with E-state index in [1.54, 1.807) is 32.9 Å². The highest BCUT2D eigenvalue weighted by Gasteiger charge is 2.64. The summed E-state index contributed by atoms with van der Waals surface area (Å²) in [5.74, 6) is -1.46. The Kier molecular flexibility index (Phi) is 7.69. The summed E-state index contributed by atoms with van der Waals surface area (Å²) < 4.78 is 49.1. The number of anilines is 1. The third-order valence-corrected chi connectivity index (χ3v) is 7.51. The van der Waals surface area contributed by atoms with Gasteiger partial charge in [0.05, 0.1) is 13.7 Å². The van der Waals surface area contributed by atoms with Crippen LogP contribution in [0, 0.1) is 0 Å². The largest absolute Gasteiger partial charge is 0.468 e. The first kappa shape index (κ1) is 27.5. The van der Waals surface area contributed by atoms with Gasteiger partial charge in [-0.2, -0.15) is 4.98 Å². The van der Waals surface area contributed by atoms with E-state index in [1.165, 1.54) is 36.1 Å². The van der Waals surface area contributed by atoms with Crippen molar-refractivity contribution in [3.63, 3.8) is 0 Å². The second-order valence-electron chi connectivity index (χ2n) is 9.04. The molecule has 2 aliphatic heterocycles. The monoisotopic (exact) mass is 558 g/mol. The molecule has 0 radical (unpaired) electrons. The summed E-state index contributed by atoms with van der Waals surface area (Å²) >= 11 is 5.91. The van der Waals surface area contributed by atoms with Gasteiger partial charge in [0.15, 0.2) is 12.0 Å². The highest BCUT2D eigenvalue weighted by atomic mass is 35.5. The van der Waals surface area contributed by atoms with Crippen LogP contribution in [0.1, 0.15) is 27.0 Å². The molecule has 0 spiro atoms. The molecule has 4 rings (SSSR count).